The minimum absolute atomic E-state index is 0.0916. The number of aliphatic hydroxyl groups excluding tert-OH is 1. The lowest BCUT2D eigenvalue weighted by molar-refractivity contribution is 0.0636. The van der Waals surface area contributed by atoms with E-state index >= 15 is 0 Å². The van der Waals surface area contributed by atoms with E-state index in [1.54, 1.807) is 46.1 Å². The number of anilines is 1. The Morgan fingerprint density at radius 1 is 1.38 bits per heavy atom. The van der Waals surface area contributed by atoms with E-state index in [9.17, 15) is 9.90 Å². The molecule has 0 fully saturated rings. The second-order valence-corrected chi connectivity index (χ2v) is 5.40. The van der Waals surface area contributed by atoms with Crippen molar-refractivity contribution < 1.29 is 19.4 Å². The minimum Gasteiger partial charge on any atom is -0.444 e. The Hall–Kier alpha value is -2.03. The summed E-state index contributed by atoms with van der Waals surface area (Å²) in [4.78, 5) is 11.8. The number of ether oxygens (including phenoxy) is 2. The number of rotatable bonds is 3. The first kappa shape index (κ1) is 17.0. The third kappa shape index (κ3) is 6.30. The summed E-state index contributed by atoms with van der Waals surface area (Å²) in [6.45, 7) is 5.57. The number of nitrogens with one attached hydrogen (secondary N) is 1. The van der Waals surface area contributed by atoms with Gasteiger partial charge in [-0.1, -0.05) is 17.9 Å². The van der Waals surface area contributed by atoms with E-state index in [-0.39, 0.29) is 13.2 Å². The first-order valence-electron chi connectivity index (χ1n) is 6.57. The highest BCUT2D eigenvalue weighted by atomic mass is 16.6. The Morgan fingerprint density at radius 3 is 2.67 bits per heavy atom. The largest absolute Gasteiger partial charge is 0.444 e. The average Bonchev–Trinajstić information content (AvgIpc) is 2.38. The number of hydrogen-bond donors (Lipinski definition) is 2. The number of benzene rings is 1. The topological polar surface area (TPSA) is 67.8 Å². The van der Waals surface area contributed by atoms with Crippen LogP contribution in [-0.2, 0) is 16.1 Å². The first-order valence-corrected chi connectivity index (χ1v) is 6.57. The van der Waals surface area contributed by atoms with Crippen molar-refractivity contribution in [1.82, 2.24) is 0 Å². The molecule has 0 aliphatic heterocycles. The number of aliphatic hydroxyl groups is 1. The molecule has 114 valence electrons. The Labute approximate surface area is 125 Å². The van der Waals surface area contributed by atoms with Crippen LogP contribution in [0.25, 0.3) is 0 Å². The van der Waals surface area contributed by atoms with Crippen molar-refractivity contribution in [2.45, 2.75) is 33.0 Å². The van der Waals surface area contributed by atoms with Crippen LogP contribution in [0.2, 0.25) is 0 Å². The molecular weight excluding hydrogens is 270 g/mol. The van der Waals surface area contributed by atoms with E-state index in [4.69, 9.17) is 9.47 Å². The fourth-order valence-electron chi connectivity index (χ4n) is 1.52. The first-order chi connectivity index (χ1) is 9.85. The third-order valence-corrected chi connectivity index (χ3v) is 2.34. The highest BCUT2D eigenvalue weighted by molar-refractivity contribution is 5.87. The van der Waals surface area contributed by atoms with Gasteiger partial charge in [-0.2, -0.15) is 0 Å². The zero-order valence-corrected chi connectivity index (χ0v) is 12.8. The quantitative estimate of drug-likeness (QED) is 0.840. The number of methoxy groups -OCH3 is 1. The van der Waals surface area contributed by atoms with Crippen molar-refractivity contribution in [3.05, 3.63) is 29.3 Å². The molecule has 1 aromatic carbocycles. The average molecular weight is 291 g/mol. The van der Waals surface area contributed by atoms with Gasteiger partial charge in [0.15, 0.2) is 0 Å². The number of carbonyl (C=O) groups is 1. The Kier molecular flexibility index (Phi) is 6.22. The van der Waals surface area contributed by atoms with E-state index in [1.165, 1.54) is 0 Å². The lowest BCUT2D eigenvalue weighted by atomic mass is 10.1. The summed E-state index contributed by atoms with van der Waals surface area (Å²) in [5.74, 6) is 5.72. The number of carbonyl (C=O) groups excluding carboxylic acids is 1. The van der Waals surface area contributed by atoms with Crippen LogP contribution in [0.1, 0.15) is 31.9 Å². The van der Waals surface area contributed by atoms with E-state index in [2.05, 4.69) is 17.2 Å². The molecule has 1 rings (SSSR count). The molecule has 0 unspecified atom stereocenters. The maximum atomic E-state index is 11.8. The minimum atomic E-state index is -0.572. The summed E-state index contributed by atoms with van der Waals surface area (Å²) < 4.78 is 10.1. The molecule has 2 N–H and O–H groups in total. The van der Waals surface area contributed by atoms with Crippen LogP contribution in [0.15, 0.2) is 18.2 Å². The van der Waals surface area contributed by atoms with Gasteiger partial charge in [0.25, 0.3) is 0 Å². The van der Waals surface area contributed by atoms with Gasteiger partial charge in [0.1, 0.15) is 12.2 Å². The van der Waals surface area contributed by atoms with Crippen molar-refractivity contribution in [2.75, 3.05) is 19.0 Å². The zero-order valence-electron chi connectivity index (χ0n) is 12.8. The molecule has 0 saturated heterocycles. The molecule has 21 heavy (non-hydrogen) atoms. The van der Waals surface area contributed by atoms with Gasteiger partial charge >= 0.3 is 6.09 Å². The molecular formula is C16H21NO4. The smallest absolute Gasteiger partial charge is 0.412 e. The number of amides is 1. The second-order valence-electron chi connectivity index (χ2n) is 5.40. The van der Waals surface area contributed by atoms with Crippen LogP contribution in [0.3, 0.4) is 0 Å². The van der Waals surface area contributed by atoms with Gasteiger partial charge in [-0.25, -0.2) is 4.79 Å². The second kappa shape index (κ2) is 7.67. The van der Waals surface area contributed by atoms with Crippen molar-refractivity contribution in [2.24, 2.45) is 0 Å². The summed E-state index contributed by atoms with van der Waals surface area (Å²) in [6, 6.07) is 5.12. The molecule has 5 nitrogen and oxygen atoms in total. The van der Waals surface area contributed by atoms with Crippen LogP contribution in [0.4, 0.5) is 10.5 Å². The predicted octanol–water partition coefficient (Wildman–Crippen LogP) is 2.52. The molecule has 0 aliphatic carbocycles. The van der Waals surface area contributed by atoms with Crippen molar-refractivity contribution >= 4 is 11.8 Å². The van der Waals surface area contributed by atoms with E-state index < -0.39 is 11.7 Å². The third-order valence-electron chi connectivity index (χ3n) is 2.34. The summed E-state index contributed by atoms with van der Waals surface area (Å²) in [5.41, 5.74) is 1.28. The molecule has 5 heteroatoms. The maximum Gasteiger partial charge on any atom is 0.412 e. The lowest BCUT2D eigenvalue weighted by Crippen LogP contribution is -2.27. The summed E-state index contributed by atoms with van der Waals surface area (Å²) in [6.07, 6.45) is -0.547. The van der Waals surface area contributed by atoms with Crippen LogP contribution in [0, 0.1) is 11.8 Å². The van der Waals surface area contributed by atoms with Gasteiger partial charge in [0, 0.05) is 12.7 Å². The van der Waals surface area contributed by atoms with Crippen LogP contribution >= 0.6 is 0 Å². The molecule has 0 atom stereocenters. The van der Waals surface area contributed by atoms with Gasteiger partial charge < -0.3 is 14.6 Å². The normalized spacial score (nSPS) is 10.5. The van der Waals surface area contributed by atoms with Crippen LogP contribution in [0.5, 0.6) is 0 Å². The van der Waals surface area contributed by atoms with Gasteiger partial charge in [-0.15, -0.1) is 0 Å². The lowest BCUT2D eigenvalue weighted by Gasteiger charge is -2.20. The zero-order chi connectivity index (χ0) is 15.9. The molecule has 0 radical (unpaired) electrons. The molecule has 0 aromatic heterocycles. The van der Waals surface area contributed by atoms with Crippen molar-refractivity contribution in [1.29, 1.82) is 0 Å². The van der Waals surface area contributed by atoms with Crippen molar-refractivity contribution in [3.63, 3.8) is 0 Å². The Balaban J connectivity index is 2.95. The van der Waals surface area contributed by atoms with Crippen LogP contribution in [-0.4, -0.2) is 30.5 Å². The summed E-state index contributed by atoms with van der Waals surface area (Å²) >= 11 is 0. The molecule has 0 aliphatic rings. The summed E-state index contributed by atoms with van der Waals surface area (Å²) in [5, 5.41) is 11.8. The summed E-state index contributed by atoms with van der Waals surface area (Å²) in [7, 11) is 1.55. The molecule has 0 spiro atoms. The van der Waals surface area contributed by atoms with Gasteiger partial charge in [-0.05, 0) is 38.5 Å². The SMILES string of the molecule is COCC#Cc1cc(CO)ccc1NC(=O)OC(C)(C)C. The van der Waals surface area contributed by atoms with Gasteiger partial charge in [0.2, 0.25) is 0 Å². The monoisotopic (exact) mass is 291 g/mol. The highest BCUT2D eigenvalue weighted by Gasteiger charge is 2.17. The fraction of sp³-hybridized carbons (Fsp3) is 0.438. The molecule has 1 amide bonds. The maximum absolute atomic E-state index is 11.8. The molecule has 1 aromatic rings. The van der Waals surface area contributed by atoms with Crippen LogP contribution < -0.4 is 5.32 Å². The number of hydrogen-bond acceptors (Lipinski definition) is 4. The highest BCUT2D eigenvalue weighted by Crippen LogP contribution is 2.18. The van der Waals surface area contributed by atoms with Gasteiger partial charge in [0.05, 0.1) is 12.3 Å². The molecule has 0 heterocycles. The Bertz CT molecular complexity index is 550. The fourth-order valence-corrected chi connectivity index (χ4v) is 1.52. The van der Waals surface area contributed by atoms with Gasteiger partial charge in [-0.3, -0.25) is 5.32 Å². The molecule has 0 bridgehead atoms. The van der Waals surface area contributed by atoms with Crippen molar-refractivity contribution in [3.8, 4) is 11.8 Å². The molecule has 0 saturated carbocycles. The Morgan fingerprint density at radius 2 is 2.10 bits per heavy atom. The standard InChI is InChI=1S/C16H21NO4/c1-16(2,3)21-15(19)17-14-8-7-12(11-18)10-13(14)6-5-9-20-4/h7-8,10,18H,9,11H2,1-4H3,(H,17,19). The van der Waals surface area contributed by atoms with E-state index in [0.717, 1.165) is 0 Å². The van der Waals surface area contributed by atoms with E-state index in [0.29, 0.717) is 16.8 Å². The predicted molar refractivity (Wildman–Crippen MR) is 81.0 cm³/mol. The van der Waals surface area contributed by atoms with E-state index in [1.807, 2.05) is 0 Å².